The van der Waals surface area contributed by atoms with Gasteiger partial charge in [-0.3, -0.25) is 24.0 Å². The normalized spacial score (nSPS) is 13.0. The summed E-state index contributed by atoms with van der Waals surface area (Å²) < 4.78 is 0. The highest BCUT2D eigenvalue weighted by Crippen LogP contribution is 2.12. The molecule has 3 unspecified atom stereocenters. The van der Waals surface area contributed by atoms with Crippen LogP contribution in [0.5, 0.6) is 0 Å². The molecule has 0 fully saturated rings. The molecule has 0 aromatic carbocycles. The van der Waals surface area contributed by atoms with E-state index >= 15 is 0 Å². The predicted molar refractivity (Wildman–Crippen MR) is 209 cm³/mol. The third kappa shape index (κ3) is 27.6. The van der Waals surface area contributed by atoms with Crippen LogP contribution in [-0.4, -0.2) is 67.3 Å². The Hall–Kier alpha value is -2.69. The van der Waals surface area contributed by atoms with Crippen LogP contribution >= 0.6 is 0 Å². The lowest BCUT2D eigenvalue weighted by molar-refractivity contribution is -0.132. The number of unbranched alkanes of at least 4 members (excludes halogenated alkanes) is 13. The zero-order chi connectivity index (χ0) is 38.3. The fourth-order valence-electron chi connectivity index (χ4n) is 6.09. The summed E-state index contributed by atoms with van der Waals surface area (Å²) in [6.45, 7) is 13.4. The maximum absolute atomic E-state index is 13.4. The van der Waals surface area contributed by atoms with Crippen molar-refractivity contribution in [2.75, 3.05) is 19.6 Å². The van der Waals surface area contributed by atoms with Crippen LogP contribution in [0.2, 0.25) is 0 Å². The van der Waals surface area contributed by atoms with Crippen LogP contribution < -0.4 is 32.3 Å². The lowest BCUT2D eigenvalue weighted by Gasteiger charge is -2.24. The van der Waals surface area contributed by atoms with E-state index in [0.717, 1.165) is 38.5 Å². The van der Waals surface area contributed by atoms with Crippen LogP contribution in [-0.2, 0) is 24.0 Å². The molecule has 298 valence electrons. The van der Waals surface area contributed by atoms with Crippen LogP contribution in [0.25, 0.3) is 0 Å². The van der Waals surface area contributed by atoms with Crippen molar-refractivity contribution in [1.29, 1.82) is 0 Å². The van der Waals surface area contributed by atoms with Gasteiger partial charge in [-0.1, -0.05) is 119 Å². The van der Waals surface area contributed by atoms with E-state index in [1.807, 2.05) is 27.7 Å². The molecule has 51 heavy (non-hydrogen) atoms. The number of nitrogens with two attached hydrogens (primary N) is 1. The Morgan fingerprint density at radius 3 is 1.33 bits per heavy atom. The first-order valence-corrected chi connectivity index (χ1v) is 20.6. The fourth-order valence-corrected chi connectivity index (χ4v) is 6.09. The highest BCUT2D eigenvalue weighted by molar-refractivity contribution is 5.92. The number of hydrogen-bond donors (Lipinski definition) is 6. The second-order valence-electron chi connectivity index (χ2n) is 15.2. The minimum atomic E-state index is -0.797. The lowest BCUT2D eigenvalue weighted by atomic mass is 10.0. The van der Waals surface area contributed by atoms with Crippen LogP contribution in [0, 0.1) is 11.8 Å². The van der Waals surface area contributed by atoms with Gasteiger partial charge in [0, 0.05) is 32.5 Å². The van der Waals surface area contributed by atoms with Gasteiger partial charge in [0.25, 0.3) is 0 Å². The van der Waals surface area contributed by atoms with Gasteiger partial charge >= 0.3 is 0 Å². The number of carbonyl (C=O) groups excluding carboxylic acids is 5. The molecule has 11 heteroatoms. The van der Waals surface area contributed by atoms with E-state index in [1.54, 1.807) is 0 Å². The molecule has 0 aromatic heterocycles. The Labute approximate surface area is 311 Å². The van der Waals surface area contributed by atoms with Gasteiger partial charge in [-0.15, -0.1) is 0 Å². The summed E-state index contributed by atoms with van der Waals surface area (Å²) in [5.74, 6) is -0.730. The van der Waals surface area contributed by atoms with Gasteiger partial charge < -0.3 is 32.3 Å². The zero-order valence-electron chi connectivity index (χ0n) is 33.5. The lowest BCUT2D eigenvalue weighted by Crippen LogP contribution is -2.54. The quantitative estimate of drug-likeness (QED) is 0.0442. The molecule has 0 aliphatic heterocycles. The topological polar surface area (TPSA) is 172 Å². The molecule has 0 heterocycles. The Morgan fingerprint density at radius 1 is 0.471 bits per heavy atom. The first-order chi connectivity index (χ1) is 24.4. The number of hydrogen-bond acceptors (Lipinski definition) is 6. The Morgan fingerprint density at radius 2 is 0.882 bits per heavy atom. The second-order valence-corrected chi connectivity index (χ2v) is 15.2. The number of rotatable bonds is 33. The maximum Gasteiger partial charge on any atom is 0.243 e. The molecule has 0 aliphatic rings. The molecule has 0 saturated heterocycles. The maximum atomic E-state index is 13.4. The van der Waals surface area contributed by atoms with E-state index in [9.17, 15) is 24.0 Å². The Kier molecular flexibility index (Phi) is 30.3. The summed E-state index contributed by atoms with van der Waals surface area (Å²) in [6.07, 6.45) is 19.0. The highest BCUT2D eigenvalue weighted by atomic mass is 16.2. The third-order valence-corrected chi connectivity index (χ3v) is 9.03. The summed E-state index contributed by atoms with van der Waals surface area (Å²) in [7, 11) is 0. The fraction of sp³-hybridized carbons (Fsp3) is 0.875. The van der Waals surface area contributed by atoms with Crippen molar-refractivity contribution in [1.82, 2.24) is 26.6 Å². The first-order valence-electron chi connectivity index (χ1n) is 20.6. The van der Waals surface area contributed by atoms with E-state index in [1.165, 1.54) is 51.4 Å². The van der Waals surface area contributed by atoms with Crippen molar-refractivity contribution < 1.29 is 24.0 Å². The smallest absolute Gasteiger partial charge is 0.243 e. The highest BCUT2D eigenvalue weighted by Gasteiger charge is 2.27. The molecule has 5 amide bonds. The van der Waals surface area contributed by atoms with Gasteiger partial charge in [0.2, 0.25) is 29.5 Å². The minimum Gasteiger partial charge on any atom is -0.354 e. The molecule has 0 radical (unpaired) electrons. The molecule has 0 rings (SSSR count). The monoisotopic (exact) mass is 723 g/mol. The molecule has 0 bridgehead atoms. The van der Waals surface area contributed by atoms with Crippen LogP contribution in [0.4, 0.5) is 0 Å². The number of carbonyl (C=O) groups is 5. The average molecular weight is 723 g/mol. The van der Waals surface area contributed by atoms with Gasteiger partial charge in [0.1, 0.15) is 18.1 Å². The van der Waals surface area contributed by atoms with E-state index in [2.05, 4.69) is 40.4 Å². The summed E-state index contributed by atoms with van der Waals surface area (Å²) in [5, 5.41) is 14.5. The van der Waals surface area contributed by atoms with Crippen molar-refractivity contribution >= 4 is 29.5 Å². The van der Waals surface area contributed by atoms with Gasteiger partial charge in [-0.2, -0.15) is 0 Å². The molecule has 0 aromatic rings. The van der Waals surface area contributed by atoms with Crippen LogP contribution in [0.1, 0.15) is 176 Å². The SMILES string of the molecule is CCCCCCCCCC(=O)NC(CC(C)C)C(=O)NCCCCC(NC(=O)C(CC(C)C)NC(=O)CCCCCCCCC)C(=O)NCCN. The largest absolute Gasteiger partial charge is 0.354 e. The van der Waals surface area contributed by atoms with E-state index in [-0.39, 0.29) is 54.5 Å². The van der Waals surface area contributed by atoms with Gasteiger partial charge in [-0.05, 0) is 56.8 Å². The predicted octanol–water partition coefficient (Wildman–Crippen LogP) is 6.18. The van der Waals surface area contributed by atoms with E-state index < -0.39 is 18.1 Å². The molecular weight excluding hydrogens is 644 g/mol. The van der Waals surface area contributed by atoms with Gasteiger partial charge in [0.05, 0.1) is 0 Å². The first kappa shape index (κ1) is 48.3. The van der Waals surface area contributed by atoms with E-state index in [4.69, 9.17) is 5.73 Å². The molecule has 7 N–H and O–H groups in total. The second kappa shape index (κ2) is 32.0. The van der Waals surface area contributed by atoms with Gasteiger partial charge in [0.15, 0.2) is 0 Å². The van der Waals surface area contributed by atoms with Crippen LogP contribution in [0.15, 0.2) is 0 Å². The summed E-state index contributed by atoms with van der Waals surface area (Å²) >= 11 is 0. The molecule has 0 saturated carbocycles. The van der Waals surface area contributed by atoms with Crippen molar-refractivity contribution in [2.24, 2.45) is 17.6 Å². The summed E-state index contributed by atoms with van der Waals surface area (Å²) in [4.78, 5) is 64.9. The minimum absolute atomic E-state index is 0.0869. The molecule has 0 spiro atoms. The molecule has 3 atom stereocenters. The van der Waals surface area contributed by atoms with Crippen molar-refractivity contribution in [3.8, 4) is 0 Å². The Bertz CT molecular complexity index is 944. The molecule has 0 aliphatic carbocycles. The molecule has 11 nitrogen and oxygen atoms in total. The van der Waals surface area contributed by atoms with Crippen molar-refractivity contribution in [3.63, 3.8) is 0 Å². The summed E-state index contributed by atoms with van der Waals surface area (Å²) in [5.41, 5.74) is 5.60. The van der Waals surface area contributed by atoms with Gasteiger partial charge in [-0.25, -0.2) is 0 Å². The van der Waals surface area contributed by atoms with Crippen LogP contribution in [0.3, 0.4) is 0 Å². The van der Waals surface area contributed by atoms with E-state index in [0.29, 0.717) is 51.5 Å². The standard InChI is InChI=1S/C40H78N6O5/c1-7-9-11-13-15-17-19-24-36(47)44-34(29-31(3)4)39(50)42-27-22-21-23-33(38(49)43-28-26-41)46-40(51)35(30-32(5)6)45-37(48)25-20-18-16-14-12-10-8-2/h31-35H,7-30,41H2,1-6H3,(H,42,50)(H,43,49)(H,44,47)(H,45,48)(H,46,51). The number of amides is 5. The Balaban J connectivity index is 5.00. The number of nitrogens with one attached hydrogen (secondary N) is 5. The van der Waals surface area contributed by atoms with Crippen molar-refractivity contribution in [2.45, 2.75) is 195 Å². The zero-order valence-corrected chi connectivity index (χ0v) is 33.5. The third-order valence-electron chi connectivity index (χ3n) is 9.03. The summed E-state index contributed by atoms with van der Waals surface area (Å²) in [6, 6.07) is -2.12. The van der Waals surface area contributed by atoms with Crippen molar-refractivity contribution in [3.05, 3.63) is 0 Å². The molecular formula is C40H78N6O5. The average Bonchev–Trinajstić information content (AvgIpc) is 3.07.